The fourth-order valence-corrected chi connectivity index (χ4v) is 3.36. The highest BCUT2D eigenvalue weighted by Crippen LogP contribution is 2.26. The Morgan fingerprint density at radius 3 is 2.35 bits per heavy atom. The van der Waals surface area contributed by atoms with Crippen LogP contribution in [0.5, 0.6) is 0 Å². The summed E-state index contributed by atoms with van der Waals surface area (Å²) in [6, 6.07) is 11.4. The lowest BCUT2D eigenvalue weighted by molar-refractivity contribution is 0.0616. The van der Waals surface area contributed by atoms with Crippen molar-refractivity contribution in [1.29, 1.82) is 0 Å². The van der Waals surface area contributed by atoms with E-state index >= 15 is 0 Å². The van der Waals surface area contributed by atoms with Crippen molar-refractivity contribution in [2.24, 2.45) is 0 Å². The molecule has 112 valence electrons. The summed E-state index contributed by atoms with van der Waals surface area (Å²) < 4.78 is 0. The van der Waals surface area contributed by atoms with Gasteiger partial charge in [-0.3, -0.25) is 4.90 Å². The second-order valence-corrected chi connectivity index (χ2v) is 6.50. The average molecular weight is 274 g/mol. The maximum Gasteiger partial charge on any atom is 0.0309 e. The van der Waals surface area contributed by atoms with Crippen LogP contribution in [-0.4, -0.2) is 36.1 Å². The molecule has 1 aromatic rings. The summed E-state index contributed by atoms with van der Waals surface area (Å²) in [4.78, 5) is 2.69. The number of benzene rings is 1. The van der Waals surface area contributed by atoms with Crippen LogP contribution in [0.25, 0.3) is 0 Å². The predicted octanol–water partition coefficient (Wildman–Crippen LogP) is 3.47. The van der Waals surface area contributed by atoms with E-state index < -0.39 is 0 Å². The molecule has 1 saturated heterocycles. The van der Waals surface area contributed by atoms with Gasteiger partial charge in [-0.1, -0.05) is 43.7 Å². The van der Waals surface area contributed by atoms with Crippen molar-refractivity contribution in [3.8, 4) is 0 Å². The second-order valence-electron chi connectivity index (χ2n) is 6.50. The van der Waals surface area contributed by atoms with E-state index in [2.05, 4.69) is 61.3 Å². The molecule has 1 unspecified atom stereocenters. The van der Waals surface area contributed by atoms with Crippen molar-refractivity contribution < 1.29 is 0 Å². The lowest BCUT2D eigenvalue weighted by atomic mass is 9.86. The molecule has 20 heavy (non-hydrogen) atoms. The molecule has 0 bridgehead atoms. The molecule has 2 nitrogen and oxygen atoms in total. The quantitative estimate of drug-likeness (QED) is 0.854. The monoisotopic (exact) mass is 274 g/mol. The minimum atomic E-state index is 0.215. The Morgan fingerprint density at radius 1 is 1.10 bits per heavy atom. The summed E-state index contributed by atoms with van der Waals surface area (Å²) in [5.74, 6) is 0. The highest BCUT2D eigenvalue weighted by Gasteiger charge is 2.35. The van der Waals surface area contributed by atoms with Gasteiger partial charge in [-0.05, 0) is 58.3 Å². The molecule has 1 heterocycles. The Kier molecular flexibility index (Phi) is 5.62. The normalized spacial score (nSPS) is 18.9. The van der Waals surface area contributed by atoms with Gasteiger partial charge in [0.1, 0.15) is 0 Å². The molecule has 1 N–H and O–H groups in total. The maximum atomic E-state index is 3.73. The number of piperidine rings is 1. The number of likely N-dealkylation sites (N-methyl/N-ethyl adjacent to an activating group) is 1. The van der Waals surface area contributed by atoms with Gasteiger partial charge < -0.3 is 5.32 Å². The maximum absolute atomic E-state index is 3.73. The zero-order valence-electron chi connectivity index (χ0n) is 13.4. The highest BCUT2D eigenvalue weighted by molar-refractivity contribution is 5.17. The zero-order valence-corrected chi connectivity index (χ0v) is 13.4. The molecule has 2 rings (SSSR count). The number of hydrogen-bond acceptors (Lipinski definition) is 2. The molecule has 1 aromatic carbocycles. The van der Waals surface area contributed by atoms with E-state index in [1.54, 1.807) is 0 Å². The lowest BCUT2D eigenvalue weighted by Gasteiger charge is -2.46. The van der Waals surface area contributed by atoms with Crippen molar-refractivity contribution in [1.82, 2.24) is 10.2 Å². The number of rotatable bonds is 6. The first-order valence-corrected chi connectivity index (χ1v) is 8.17. The van der Waals surface area contributed by atoms with E-state index in [1.807, 2.05) is 0 Å². The first-order valence-electron chi connectivity index (χ1n) is 8.17. The molecule has 0 aliphatic carbocycles. The summed E-state index contributed by atoms with van der Waals surface area (Å²) in [7, 11) is 0. The highest BCUT2D eigenvalue weighted by atomic mass is 15.2. The fraction of sp³-hybridized carbons (Fsp3) is 0.667. The van der Waals surface area contributed by atoms with E-state index in [-0.39, 0.29) is 5.54 Å². The molecule has 0 aromatic heterocycles. The number of likely N-dealkylation sites (tertiary alicyclic amines) is 1. The molecule has 1 aliphatic rings. The molecule has 0 radical (unpaired) electrons. The molecule has 2 heteroatoms. The van der Waals surface area contributed by atoms with Crippen molar-refractivity contribution in [3.05, 3.63) is 35.9 Å². The van der Waals surface area contributed by atoms with Crippen molar-refractivity contribution in [2.75, 3.05) is 19.6 Å². The molecule has 0 amide bonds. The van der Waals surface area contributed by atoms with Gasteiger partial charge in [-0.25, -0.2) is 0 Å². The van der Waals surface area contributed by atoms with Crippen molar-refractivity contribution >= 4 is 0 Å². The van der Waals surface area contributed by atoms with Crippen LogP contribution in [0.1, 0.15) is 45.6 Å². The fourth-order valence-electron chi connectivity index (χ4n) is 3.36. The third-order valence-electron chi connectivity index (χ3n) is 4.76. The molecule has 0 saturated carbocycles. The third kappa shape index (κ3) is 3.83. The predicted molar refractivity (Wildman–Crippen MR) is 87.1 cm³/mol. The van der Waals surface area contributed by atoms with Gasteiger partial charge in [0.25, 0.3) is 0 Å². The van der Waals surface area contributed by atoms with E-state index in [1.165, 1.54) is 37.9 Å². The third-order valence-corrected chi connectivity index (χ3v) is 4.76. The summed E-state index contributed by atoms with van der Waals surface area (Å²) >= 11 is 0. The van der Waals surface area contributed by atoms with Crippen LogP contribution < -0.4 is 5.32 Å². The first-order chi connectivity index (χ1) is 9.64. The lowest BCUT2D eigenvalue weighted by Crippen LogP contribution is -2.59. The van der Waals surface area contributed by atoms with Gasteiger partial charge in [0.2, 0.25) is 0 Å². The SMILES string of the molecule is CCNC(Cc1ccccc1)C(C)(C)N1CCCCC1. The van der Waals surface area contributed by atoms with Gasteiger partial charge in [-0.2, -0.15) is 0 Å². The molecule has 1 fully saturated rings. The Labute approximate surface area is 124 Å². The van der Waals surface area contributed by atoms with Crippen LogP contribution in [-0.2, 0) is 6.42 Å². The van der Waals surface area contributed by atoms with Gasteiger partial charge in [0.05, 0.1) is 0 Å². The Bertz CT molecular complexity index is 380. The molecule has 0 spiro atoms. The van der Waals surface area contributed by atoms with Gasteiger partial charge in [0.15, 0.2) is 0 Å². The van der Waals surface area contributed by atoms with Crippen LogP contribution in [0.3, 0.4) is 0 Å². The van der Waals surface area contributed by atoms with Gasteiger partial charge in [-0.15, -0.1) is 0 Å². The minimum absolute atomic E-state index is 0.215. The van der Waals surface area contributed by atoms with E-state index in [0.717, 1.165) is 13.0 Å². The summed E-state index contributed by atoms with van der Waals surface area (Å²) in [5.41, 5.74) is 1.65. The first kappa shape index (κ1) is 15.5. The summed E-state index contributed by atoms with van der Waals surface area (Å²) in [6.07, 6.45) is 5.22. The van der Waals surface area contributed by atoms with Crippen molar-refractivity contribution in [3.63, 3.8) is 0 Å². The topological polar surface area (TPSA) is 15.3 Å². The van der Waals surface area contributed by atoms with Crippen LogP contribution >= 0.6 is 0 Å². The smallest absolute Gasteiger partial charge is 0.0309 e. The van der Waals surface area contributed by atoms with Gasteiger partial charge >= 0.3 is 0 Å². The summed E-state index contributed by atoms with van der Waals surface area (Å²) in [6.45, 7) is 10.6. The molecular weight excluding hydrogens is 244 g/mol. The van der Waals surface area contributed by atoms with Crippen LogP contribution in [0.4, 0.5) is 0 Å². The molecular formula is C18H30N2. The van der Waals surface area contributed by atoms with E-state index in [0.29, 0.717) is 6.04 Å². The summed E-state index contributed by atoms with van der Waals surface area (Å²) in [5, 5.41) is 3.73. The molecule has 1 aliphatic heterocycles. The van der Waals surface area contributed by atoms with Crippen LogP contribution in [0, 0.1) is 0 Å². The Balaban J connectivity index is 2.09. The number of hydrogen-bond donors (Lipinski definition) is 1. The standard InChI is InChI=1S/C18H30N2/c1-4-19-17(15-16-11-7-5-8-12-16)18(2,3)20-13-9-6-10-14-20/h5,7-8,11-12,17,19H,4,6,9-10,13-15H2,1-3H3. The van der Waals surface area contributed by atoms with Gasteiger partial charge in [0, 0.05) is 11.6 Å². The van der Waals surface area contributed by atoms with E-state index in [9.17, 15) is 0 Å². The Morgan fingerprint density at radius 2 is 1.75 bits per heavy atom. The van der Waals surface area contributed by atoms with Crippen LogP contribution in [0.15, 0.2) is 30.3 Å². The largest absolute Gasteiger partial charge is 0.312 e. The number of nitrogens with one attached hydrogen (secondary N) is 1. The molecule has 1 atom stereocenters. The van der Waals surface area contributed by atoms with Crippen LogP contribution in [0.2, 0.25) is 0 Å². The van der Waals surface area contributed by atoms with Crippen molar-refractivity contribution in [2.45, 2.75) is 58.0 Å². The van der Waals surface area contributed by atoms with E-state index in [4.69, 9.17) is 0 Å². The zero-order chi connectivity index (χ0) is 14.4. The Hall–Kier alpha value is -0.860. The number of nitrogens with zero attached hydrogens (tertiary/aromatic N) is 1. The second kappa shape index (κ2) is 7.24. The minimum Gasteiger partial charge on any atom is -0.312 e. The average Bonchev–Trinajstić information content (AvgIpc) is 2.49.